The molecule has 128 valence electrons. The Morgan fingerprint density at radius 1 is 1.17 bits per heavy atom. The van der Waals surface area contributed by atoms with E-state index in [1.54, 1.807) is 24.3 Å². The third-order valence-corrected chi connectivity index (χ3v) is 4.23. The van der Waals surface area contributed by atoms with E-state index in [0.717, 1.165) is 30.9 Å². The lowest BCUT2D eigenvalue weighted by Gasteiger charge is -2.13. The summed E-state index contributed by atoms with van der Waals surface area (Å²) in [5.41, 5.74) is 7.65. The van der Waals surface area contributed by atoms with Gasteiger partial charge >= 0.3 is 0 Å². The number of rotatable bonds is 3. The lowest BCUT2D eigenvalue weighted by Crippen LogP contribution is -2.33. The number of hydrogen-bond acceptors (Lipinski definition) is 3. The van der Waals surface area contributed by atoms with Gasteiger partial charge < -0.3 is 16.2 Å². The highest BCUT2D eigenvalue weighted by Gasteiger charge is 2.23. The lowest BCUT2D eigenvalue weighted by atomic mass is 10.0. The number of carbonyl (C=O) groups is 1. The molecule has 1 saturated carbocycles. The van der Waals surface area contributed by atoms with Gasteiger partial charge in [0.1, 0.15) is 11.6 Å². The van der Waals surface area contributed by atoms with Crippen molar-refractivity contribution in [3.05, 3.63) is 53.8 Å². The molecule has 24 heavy (non-hydrogen) atoms. The molecule has 1 fully saturated rings. The van der Waals surface area contributed by atoms with E-state index in [9.17, 15) is 14.3 Å². The van der Waals surface area contributed by atoms with Gasteiger partial charge in [-0.1, -0.05) is 12.1 Å². The van der Waals surface area contributed by atoms with Crippen LogP contribution in [0, 0.1) is 5.82 Å². The number of amides is 1. The van der Waals surface area contributed by atoms with Crippen molar-refractivity contribution >= 4 is 18.3 Å². The summed E-state index contributed by atoms with van der Waals surface area (Å²) in [6.07, 6.45) is 2.66. The molecule has 4 N–H and O–H groups in total. The van der Waals surface area contributed by atoms with Crippen molar-refractivity contribution in [2.24, 2.45) is 5.73 Å². The van der Waals surface area contributed by atoms with Crippen LogP contribution in [0.3, 0.4) is 0 Å². The maximum atomic E-state index is 13.0. The van der Waals surface area contributed by atoms with Gasteiger partial charge in [0.15, 0.2) is 0 Å². The number of phenolic OH excluding ortho intramolecular Hbond substituents is 1. The van der Waals surface area contributed by atoms with E-state index in [2.05, 4.69) is 5.32 Å². The molecule has 2 aromatic rings. The van der Waals surface area contributed by atoms with E-state index >= 15 is 0 Å². The highest BCUT2D eigenvalue weighted by Crippen LogP contribution is 2.29. The number of carbonyl (C=O) groups excluding carboxylic acids is 1. The monoisotopic (exact) mass is 350 g/mol. The SMILES string of the molecule is Cl.N[C@@H]1CC[C@H](NC(=O)c2ccc(-c3ccc(F)cc3O)cc2)C1. The van der Waals surface area contributed by atoms with E-state index in [0.29, 0.717) is 11.1 Å². The van der Waals surface area contributed by atoms with Crippen LogP contribution in [0.25, 0.3) is 11.1 Å². The molecule has 0 spiro atoms. The molecule has 0 unspecified atom stereocenters. The van der Waals surface area contributed by atoms with Crippen LogP contribution in [0.1, 0.15) is 29.6 Å². The molecule has 0 saturated heterocycles. The van der Waals surface area contributed by atoms with Crippen molar-refractivity contribution < 1.29 is 14.3 Å². The molecule has 0 heterocycles. The van der Waals surface area contributed by atoms with E-state index in [4.69, 9.17) is 5.73 Å². The Balaban J connectivity index is 0.00000208. The fourth-order valence-electron chi connectivity index (χ4n) is 2.97. The highest BCUT2D eigenvalue weighted by atomic mass is 35.5. The van der Waals surface area contributed by atoms with Crippen molar-refractivity contribution in [1.29, 1.82) is 0 Å². The number of nitrogens with two attached hydrogens (primary N) is 1. The molecule has 4 nitrogen and oxygen atoms in total. The minimum absolute atomic E-state index is 0. The number of nitrogens with one attached hydrogen (secondary N) is 1. The third kappa shape index (κ3) is 4.04. The molecule has 2 atom stereocenters. The fraction of sp³-hybridized carbons (Fsp3) is 0.278. The van der Waals surface area contributed by atoms with Crippen LogP contribution in [0.4, 0.5) is 4.39 Å². The molecule has 3 rings (SSSR count). The Labute approximate surface area is 146 Å². The predicted molar refractivity (Wildman–Crippen MR) is 93.8 cm³/mol. The largest absolute Gasteiger partial charge is 0.507 e. The quantitative estimate of drug-likeness (QED) is 0.795. The van der Waals surface area contributed by atoms with Crippen LogP contribution in [0.15, 0.2) is 42.5 Å². The van der Waals surface area contributed by atoms with E-state index in [-0.39, 0.29) is 36.1 Å². The molecule has 0 aliphatic heterocycles. The Bertz CT molecular complexity index is 721. The fourth-order valence-corrected chi connectivity index (χ4v) is 2.97. The van der Waals surface area contributed by atoms with Gasteiger partial charge in [-0.05, 0) is 49.1 Å². The normalized spacial score (nSPS) is 19.6. The Morgan fingerprint density at radius 3 is 2.46 bits per heavy atom. The number of aromatic hydroxyl groups is 1. The second-order valence-corrected chi connectivity index (χ2v) is 5.98. The zero-order valence-electron chi connectivity index (χ0n) is 13.0. The first kappa shape index (κ1) is 18.2. The number of hydrogen-bond donors (Lipinski definition) is 3. The maximum Gasteiger partial charge on any atom is 0.251 e. The summed E-state index contributed by atoms with van der Waals surface area (Å²) in [5, 5.41) is 12.8. The van der Waals surface area contributed by atoms with Crippen molar-refractivity contribution in [2.75, 3.05) is 0 Å². The molecule has 0 aromatic heterocycles. The van der Waals surface area contributed by atoms with Crippen LogP contribution in [0.5, 0.6) is 5.75 Å². The van der Waals surface area contributed by atoms with Crippen LogP contribution in [-0.2, 0) is 0 Å². The second kappa shape index (κ2) is 7.64. The summed E-state index contributed by atoms with van der Waals surface area (Å²) in [6, 6.07) is 11.1. The number of phenols is 1. The van der Waals surface area contributed by atoms with Crippen molar-refractivity contribution in [1.82, 2.24) is 5.32 Å². The summed E-state index contributed by atoms with van der Waals surface area (Å²) in [7, 11) is 0. The van der Waals surface area contributed by atoms with Crippen LogP contribution in [0.2, 0.25) is 0 Å². The molecule has 1 aliphatic rings. The van der Waals surface area contributed by atoms with Crippen LogP contribution in [-0.4, -0.2) is 23.1 Å². The molecule has 6 heteroatoms. The molecular weight excluding hydrogens is 331 g/mol. The van der Waals surface area contributed by atoms with Gasteiger partial charge in [-0.25, -0.2) is 4.39 Å². The Hall–Kier alpha value is -2.11. The van der Waals surface area contributed by atoms with Crippen molar-refractivity contribution in [3.63, 3.8) is 0 Å². The average Bonchev–Trinajstić information content (AvgIpc) is 2.92. The number of halogens is 2. The first-order valence-electron chi connectivity index (χ1n) is 7.68. The van der Waals surface area contributed by atoms with Gasteiger partial charge in [0.05, 0.1) is 0 Å². The highest BCUT2D eigenvalue weighted by molar-refractivity contribution is 5.95. The van der Waals surface area contributed by atoms with Gasteiger partial charge in [0, 0.05) is 29.3 Å². The summed E-state index contributed by atoms with van der Waals surface area (Å²) in [4.78, 5) is 12.2. The summed E-state index contributed by atoms with van der Waals surface area (Å²) >= 11 is 0. The second-order valence-electron chi connectivity index (χ2n) is 5.98. The molecule has 0 radical (unpaired) electrons. The maximum absolute atomic E-state index is 13.0. The van der Waals surface area contributed by atoms with Gasteiger partial charge in [0.25, 0.3) is 5.91 Å². The zero-order valence-corrected chi connectivity index (χ0v) is 13.9. The first-order chi connectivity index (χ1) is 11.0. The van der Waals surface area contributed by atoms with Crippen LogP contribution < -0.4 is 11.1 Å². The van der Waals surface area contributed by atoms with Gasteiger partial charge in [-0.15, -0.1) is 12.4 Å². The molecule has 1 aliphatic carbocycles. The summed E-state index contributed by atoms with van der Waals surface area (Å²) in [6.45, 7) is 0. The molecule has 1 amide bonds. The number of benzene rings is 2. The molecular formula is C18H20ClFN2O2. The van der Waals surface area contributed by atoms with Crippen molar-refractivity contribution in [3.8, 4) is 16.9 Å². The van der Waals surface area contributed by atoms with Crippen LogP contribution >= 0.6 is 12.4 Å². The minimum Gasteiger partial charge on any atom is -0.507 e. The Morgan fingerprint density at radius 2 is 1.88 bits per heavy atom. The van der Waals surface area contributed by atoms with Gasteiger partial charge in [-0.3, -0.25) is 4.79 Å². The topological polar surface area (TPSA) is 75.3 Å². The predicted octanol–water partition coefficient (Wildman–Crippen LogP) is 3.23. The third-order valence-electron chi connectivity index (χ3n) is 4.23. The summed E-state index contributed by atoms with van der Waals surface area (Å²) in [5.74, 6) is -0.738. The molecule has 2 aromatic carbocycles. The van der Waals surface area contributed by atoms with E-state index < -0.39 is 5.82 Å². The Kier molecular flexibility index (Phi) is 5.80. The van der Waals surface area contributed by atoms with Gasteiger partial charge in [-0.2, -0.15) is 0 Å². The minimum atomic E-state index is -0.489. The smallest absolute Gasteiger partial charge is 0.251 e. The lowest BCUT2D eigenvalue weighted by molar-refractivity contribution is 0.0937. The first-order valence-corrected chi connectivity index (χ1v) is 7.68. The average molecular weight is 351 g/mol. The zero-order chi connectivity index (χ0) is 16.4. The van der Waals surface area contributed by atoms with E-state index in [1.165, 1.54) is 12.1 Å². The van der Waals surface area contributed by atoms with Gasteiger partial charge in [0.2, 0.25) is 0 Å². The molecule has 0 bridgehead atoms. The van der Waals surface area contributed by atoms with Crippen molar-refractivity contribution in [2.45, 2.75) is 31.3 Å². The summed E-state index contributed by atoms with van der Waals surface area (Å²) < 4.78 is 13.0. The van der Waals surface area contributed by atoms with E-state index in [1.807, 2.05) is 0 Å². The standard InChI is InChI=1S/C18H19FN2O2.ClH/c19-13-5-8-16(17(22)9-13)11-1-3-12(4-2-11)18(23)21-15-7-6-14(20)10-15;/h1-5,8-9,14-15,22H,6-7,10,20H2,(H,21,23);1H/t14-,15+;/m1./s1.